The van der Waals surface area contributed by atoms with Gasteiger partial charge in [0.05, 0.1) is 16.9 Å². The van der Waals surface area contributed by atoms with Crippen LogP contribution in [-0.4, -0.2) is 15.4 Å². The summed E-state index contributed by atoms with van der Waals surface area (Å²) in [4.78, 5) is 27.4. The minimum absolute atomic E-state index is 0.0279. The first-order valence-corrected chi connectivity index (χ1v) is 8.02. The summed E-state index contributed by atoms with van der Waals surface area (Å²) in [5.41, 5.74) is 4.47. The van der Waals surface area contributed by atoms with E-state index in [4.69, 9.17) is 12.2 Å². The van der Waals surface area contributed by atoms with Gasteiger partial charge in [0.2, 0.25) is 0 Å². The molecule has 2 N–H and O–H groups in total. The van der Waals surface area contributed by atoms with E-state index in [0.29, 0.717) is 10.9 Å². The molecule has 2 aromatic carbocycles. The van der Waals surface area contributed by atoms with Crippen LogP contribution < -0.4 is 11.0 Å². The van der Waals surface area contributed by atoms with Gasteiger partial charge in [-0.25, -0.2) is 0 Å². The van der Waals surface area contributed by atoms with E-state index in [9.17, 15) is 9.59 Å². The van der Waals surface area contributed by atoms with Crippen molar-refractivity contribution >= 4 is 28.9 Å². The average molecular weight is 339 g/mol. The number of para-hydroxylation sites is 1. The van der Waals surface area contributed by atoms with Crippen LogP contribution >= 0.6 is 12.2 Å². The Bertz CT molecular complexity index is 992. The number of benzene rings is 2. The zero-order valence-corrected chi connectivity index (χ0v) is 14.0. The van der Waals surface area contributed by atoms with Gasteiger partial charge in [-0.05, 0) is 36.8 Å². The SMILES string of the molecule is CC(=O)CC(Nn1c(=S)[nH]c2ccccc2c1=O)c1ccccc1. The Morgan fingerprint density at radius 1 is 1.17 bits per heavy atom. The number of aromatic amines is 1. The molecule has 6 heteroatoms. The van der Waals surface area contributed by atoms with Crippen molar-refractivity contribution in [3.63, 3.8) is 0 Å². The van der Waals surface area contributed by atoms with Crippen molar-refractivity contribution in [2.24, 2.45) is 0 Å². The standard InChI is InChI=1S/C18H17N3O2S/c1-12(22)11-16(13-7-3-2-4-8-13)20-21-17(23)14-9-5-6-10-15(14)19-18(21)24/h2-10,16,20H,11H2,1H3,(H,19,24). The molecule has 5 nitrogen and oxygen atoms in total. The van der Waals surface area contributed by atoms with Crippen LogP contribution in [0.4, 0.5) is 0 Å². The van der Waals surface area contributed by atoms with Gasteiger partial charge in [0.1, 0.15) is 5.78 Å². The number of carbonyl (C=O) groups is 1. The van der Waals surface area contributed by atoms with Crippen LogP contribution in [0.1, 0.15) is 24.9 Å². The predicted molar refractivity (Wildman–Crippen MR) is 97.2 cm³/mol. The highest BCUT2D eigenvalue weighted by molar-refractivity contribution is 7.71. The van der Waals surface area contributed by atoms with Gasteiger partial charge < -0.3 is 10.4 Å². The van der Waals surface area contributed by atoms with Crippen molar-refractivity contribution in [3.05, 3.63) is 75.3 Å². The Morgan fingerprint density at radius 2 is 1.83 bits per heavy atom. The number of carbonyl (C=O) groups excluding carboxylic acids is 1. The van der Waals surface area contributed by atoms with E-state index in [-0.39, 0.29) is 28.6 Å². The minimum atomic E-state index is -0.335. The number of rotatable bonds is 5. The van der Waals surface area contributed by atoms with E-state index in [0.717, 1.165) is 5.56 Å². The van der Waals surface area contributed by atoms with Crippen LogP contribution in [0.25, 0.3) is 10.9 Å². The molecule has 0 aliphatic rings. The molecule has 0 radical (unpaired) electrons. The Balaban J connectivity index is 2.07. The Morgan fingerprint density at radius 3 is 2.54 bits per heavy atom. The largest absolute Gasteiger partial charge is 0.330 e. The molecule has 122 valence electrons. The van der Waals surface area contributed by atoms with Gasteiger partial charge in [-0.2, -0.15) is 4.68 Å². The van der Waals surface area contributed by atoms with Gasteiger partial charge in [-0.15, -0.1) is 0 Å². The summed E-state index contributed by atoms with van der Waals surface area (Å²) in [5.74, 6) is 0.0279. The number of hydrogen-bond donors (Lipinski definition) is 2. The van der Waals surface area contributed by atoms with Crippen LogP contribution in [0.5, 0.6) is 0 Å². The Hall–Kier alpha value is -2.73. The smallest absolute Gasteiger partial charge is 0.280 e. The highest BCUT2D eigenvalue weighted by Gasteiger charge is 2.16. The predicted octanol–water partition coefficient (Wildman–Crippen LogP) is 3.32. The number of fused-ring (bicyclic) bond motifs is 1. The molecule has 1 atom stereocenters. The Labute approximate surface area is 143 Å². The lowest BCUT2D eigenvalue weighted by atomic mass is 10.0. The van der Waals surface area contributed by atoms with Gasteiger partial charge in [-0.1, -0.05) is 42.5 Å². The maximum atomic E-state index is 12.7. The van der Waals surface area contributed by atoms with Gasteiger partial charge in [0, 0.05) is 6.42 Å². The number of hydrogen-bond acceptors (Lipinski definition) is 4. The quantitative estimate of drug-likeness (QED) is 0.700. The highest BCUT2D eigenvalue weighted by atomic mass is 32.1. The number of nitrogens with zero attached hydrogens (tertiary/aromatic N) is 1. The van der Waals surface area contributed by atoms with Crippen molar-refractivity contribution < 1.29 is 4.79 Å². The molecular formula is C18H17N3O2S. The second-order valence-corrected chi connectivity index (χ2v) is 6.00. The molecule has 24 heavy (non-hydrogen) atoms. The maximum Gasteiger partial charge on any atom is 0.280 e. The zero-order chi connectivity index (χ0) is 17.1. The fraction of sp³-hybridized carbons (Fsp3) is 0.167. The van der Waals surface area contributed by atoms with E-state index < -0.39 is 0 Å². The lowest BCUT2D eigenvalue weighted by molar-refractivity contribution is -0.117. The molecule has 3 rings (SSSR count). The summed E-state index contributed by atoms with van der Waals surface area (Å²) < 4.78 is 1.57. The topological polar surface area (TPSA) is 66.9 Å². The summed E-state index contributed by atoms with van der Waals surface area (Å²) in [6, 6.07) is 16.4. The third kappa shape index (κ3) is 3.28. The number of aromatic nitrogens is 2. The van der Waals surface area contributed by atoms with Crippen LogP contribution in [-0.2, 0) is 4.79 Å². The fourth-order valence-corrected chi connectivity index (χ4v) is 2.89. The first-order valence-electron chi connectivity index (χ1n) is 7.61. The summed E-state index contributed by atoms with van der Waals surface area (Å²) in [6.07, 6.45) is 0.262. The summed E-state index contributed by atoms with van der Waals surface area (Å²) in [5, 5.41) is 0.535. The van der Waals surface area contributed by atoms with Crippen LogP contribution in [0, 0.1) is 4.77 Å². The molecule has 0 aliphatic carbocycles. The van der Waals surface area contributed by atoms with Crippen molar-refractivity contribution in [2.45, 2.75) is 19.4 Å². The normalized spacial score (nSPS) is 12.0. The first-order chi connectivity index (χ1) is 11.6. The third-order valence-electron chi connectivity index (χ3n) is 3.78. The first kappa shape index (κ1) is 16.1. The van der Waals surface area contributed by atoms with Gasteiger partial charge in [0.15, 0.2) is 4.77 Å². The van der Waals surface area contributed by atoms with Crippen LogP contribution in [0.3, 0.4) is 0 Å². The molecule has 0 aliphatic heterocycles. The molecule has 1 aromatic heterocycles. The molecule has 0 amide bonds. The van der Waals surface area contributed by atoms with Crippen molar-refractivity contribution in [2.75, 3.05) is 5.43 Å². The van der Waals surface area contributed by atoms with E-state index in [1.54, 1.807) is 18.2 Å². The Kier molecular flexibility index (Phi) is 4.57. The highest BCUT2D eigenvalue weighted by Crippen LogP contribution is 2.18. The number of ketones is 1. The molecule has 0 saturated heterocycles. The second kappa shape index (κ2) is 6.80. The molecule has 3 aromatic rings. The monoisotopic (exact) mass is 339 g/mol. The van der Waals surface area contributed by atoms with E-state index in [1.165, 1.54) is 11.6 Å². The number of nitrogens with one attached hydrogen (secondary N) is 2. The molecular weight excluding hydrogens is 322 g/mol. The van der Waals surface area contributed by atoms with Crippen molar-refractivity contribution in [3.8, 4) is 0 Å². The van der Waals surface area contributed by atoms with Crippen LogP contribution in [0.2, 0.25) is 0 Å². The zero-order valence-electron chi connectivity index (χ0n) is 13.2. The molecule has 0 saturated carbocycles. The second-order valence-electron chi connectivity index (χ2n) is 5.61. The summed E-state index contributed by atoms with van der Waals surface area (Å²) in [6.45, 7) is 1.53. The number of Topliss-reactive ketones (excluding diaryl/α,β-unsaturated/α-hetero) is 1. The third-order valence-corrected chi connectivity index (χ3v) is 4.07. The molecule has 0 spiro atoms. The molecule has 1 unspecified atom stereocenters. The van der Waals surface area contributed by atoms with Gasteiger partial charge in [-0.3, -0.25) is 9.59 Å². The van der Waals surface area contributed by atoms with Crippen molar-refractivity contribution in [1.82, 2.24) is 9.66 Å². The lowest BCUT2D eigenvalue weighted by Crippen LogP contribution is -2.33. The van der Waals surface area contributed by atoms with Gasteiger partial charge >= 0.3 is 0 Å². The van der Waals surface area contributed by atoms with Gasteiger partial charge in [0.25, 0.3) is 5.56 Å². The fourth-order valence-electron chi connectivity index (χ4n) is 2.65. The number of H-pyrrole nitrogens is 1. The average Bonchev–Trinajstić information content (AvgIpc) is 2.58. The van der Waals surface area contributed by atoms with E-state index >= 15 is 0 Å². The molecule has 0 fully saturated rings. The van der Waals surface area contributed by atoms with E-state index in [1.807, 2.05) is 36.4 Å². The van der Waals surface area contributed by atoms with E-state index in [2.05, 4.69) is 10.4 Å². The molecule has 0 bridgehead atoms. The maximum absolute atomic E-state index is 12.7. The summed E-state index contributed by atoms with van der Waals surface area (Å²) >= 11 is 5.31. The van der Waals surface area contributed by atoms with Crippen molar-refractivity contribution in [1.29, 1.82) is 0 Å². The summed E-state index contributed by atoms with van der Waals surface area (Å²) in [7, 11) is 0. The minimum Gasteiger partial charge on any atom is -0.330 e. The lowest BCUT2D eigenvalue weighted by Gasteiger charge is -2.20. The van der Waals surface area contributed by atoms with Crippen LogP contribution in [0.15, 0.2) is 59.4 Å². The molecule has 1 heterocycles.